The summed E-state index contributed by atoms with van der Waals surface area (Å²) in [5.41, 5.74) is 15.5. The molecule has 11 rings (SSSR count). The molecular formula is C50H35N2OP. The molecule has 7 aromatic carbocycles. The second-order valence-corrected chi connectivity index (χ2v) is 17.8. The summed E-state index contributed by atoms with van der Waals surface area (Å²) in [4.78, 5) is 4.21. The molecule has 3 heterocycles. The first-order valence-electron chi connectivity index (χ1n) is 18.6. The highest BCUT2D eigenvalue weighted by atomic mass is 31.2. The van der Waals surface area contributed by atoms with Crippen LogP contribution in [-0.2, 0) is 9.98 Å². The van der Waals surface area contributed by atoms with Crippen LogP contribution >= 0.6 is 7.14 Å². The Morgan fingerprint density at radius 1 is 0.481 bits per heavy atom. The third-order valence-corrected chi connectivity index (χ3v) is 15.1. The van der Waals surface area contributed by atoms with Gasteiger partial charge in [0.25, 0.3) is 0 Å². The number of rotatable bonds is 4. The molecule has 1 unspecified atom stereocenters. The van der Waals surface area contributed by atoms with Gasteiger partial charge >= 0.3 is 0 Å². The van der Waals surface area contributed by atoms with Crippen LogP contribution in [0, 0.1) is 0 Å². The minimum Gasteiger partial charge on any atom is -0.309 e. The molecule has 256 valence electrons. The van der Waals surface area contributed by atoms with E-state index in [1.165, 1.54) is 44.5 Å². The topological polar surface area (TPSA) is 34.9 Å². The van der Waals surface area contributed by atoms with E-state index in [2.05, 4.69) is 151 Å². The predicted octanol–water partition coefficient (Wildman–Crippen LogP) is 11.4. The summed E-state index contributed by atoms with van der Waals surface area (Å²) in [7, 11) is -3.05. The number of nitrogens with zero attached hydrogens (tertiary/aromatic N) is 2. The second-order valence-electron chi connectivity index (χ2n) is 15.1. The first kappa shape index (κ1) is 31.3. The van der Waals surface area contributed by atoms with Crippen molar-refractivity contribution in [2.24, 2.45) is 0 Å². The largest absolute Gasteiger partial charge is 0.309 e. The Labute approximate surface area is 314 Å². The summed E-state index contributed by atoms with van der Waals surface area (Å²) in [5.74, 6) is 0. The van der Waals surface area contributed by atoms with Crippen LogP contribution in [0.15, 0.2) is 176 Å². The van der Waals surface area contributed by atoms with Crippen LogP contribution in [-0.4, -0.2) is 9.55 Å². The SMILES string of the molecule is CC1(C)c2cc(-c3ccncc3)ccc2-c2ccc(-c3ccc(-n4c5ccccc5c5cc6c(cc54)-c4ccccc4P6(=O)c4ccccc4)cc3)cc21. The molecule has 1 aliphatic heterocycles. The minimum atomic E-state index is -3.05. The quantitative estimate of drug-likeness (QED) is 0.170. The molecular weight excluding hydrogens is 676 g/mol. The van der Waals surface area contributed by atoms with Crippen molar-refractivity contribution < 1.29 is 4.57 Å². The van der Waals surface area contributed by atoms with E-state index < -0.39 is 7.14 Å². The molecule has 2 aromatic heterocycles. The number of pyridine rings is 1. The van der Waals surface area contributed by atoms with Crippen molar-refractivity contribution in [3.05, 3.63) is 187 Å². The predicted molar refractivity (Wildman–Crippen MR) is 225 cm³/mol. The van der Waals surface area contributed by atoms with Gasteiger partial charge in [0.1, 0.15) is 0 Å². The van der Waals surface area contributed by atoms with Gasteiger partial charge in [-0.2, -0.15) is 0 Å². The number of hydrogen-bond acceptors (Lipinski definition) is 2. The first-order valence-corrected chi connectivity index (χ1v) is 20.3. The molecule has 0 saturated carbocycles. The lowest BCUT2D eigenvalue weighted by Crippen LogP contribution is -2.20. The summed E-state index contributed by atoms with van der Waals surface area (Å²) in [5, 5.41) is 5.00. The molecule has 54 heavy (non-hydrogen) atoms. The van der Waals surface area contributed by atoms with Gasteiger partial charge in [-0.1, -0.05) is 123 Å². The van der Waals surface area contributed by atoms with Crippen LogP contribution in [0.5, 0.6) is 0 Å². The van der Waals surface area contributed by atoms with E-state index in [1.54, 1.807) is 0 Å². The molecule has 9 aromatic rings. The van der Waals surface area contributed by atoms with Gasteiger partial charge in [-0.15, -0.1) is 0 Å². The lowest BCUT2D eigenvalue weighted by atomic mass is 9.81. The molecule has 1 atom stereocenters. The van der Waals surface area contributed by atoms with Gasteiger partial charge in [0.05, 0.1) is 11.0 Å². The standard InChI is InChI=1S/C50H35N2OP/c1-50(2)44-28-34(18-22-38(44)39-23-19-35(29-45(39)50)33-24-26-51-27-25-33)32-16-20-36(21-17-32)52-46-14-8-6-12-40(46)42-31-49-43(30-47(42)52)41-13-7-9-15-48(41)54(49,53)37-10-4-3-5-11-37/h3-31H,1-2H3. The van der Waals surface area contributed by atoms with Crippen LogP contribution in [0.2, 0.25) is 0 Å². The zero-order valence-corrected chi connectivity index (χ0v) is 30.9. The van der Waals surface area contributed by atoms with Crippen LogP contribution in [0.25, 0.3) is 72.0 Å². The van der Waals surface area contributed by atoms with Crippen LogP contribution in [0.3, 0.4) is 0 Å². The van der Waals surface area contributed by atoms with E-state index in [-0.39, 0.29) is 5.41 Å². The normalized spacial score (nSPS) is 16.3. The third kappa shape index (κ3) is 4.31. The van der Waals surface area contributed by atoms with Crippen molar-refractivity contribution >= 4 is 44.9 Å². The Bertz CT molecular complexity index is 3030. The number of benzene rings is 7. The molecule has 0 N–H and O–H groups in total. The zero-order chi connectivity index (χ0) is 36.2. The van der Waals surface area contributed by atoms with Gasteiger partial charge in [0, 0.05) is 50.2 Å². The smallest absolute Gasteiger partial charge is 0.172 e. The Kier molecular flexibility index (Phi) is 6.58. The van der Waals surface area contributed by atoms with Crippen LogP contribution in [0.1, 0.15) is 25.0 Å². The number of fused-ring (bicyclic) bond motifs is 9. The van der Waals surface area contributed by atoms with Crippen LogP contribution < -0.4 is 15.9 Å². The Hall–Kier alpha value is -6.28. The van der Waals surface area contributed by atoms with E-state index in [1.807, 2.05) is 48.8 Å². The zero-order valence-electron chi connectivity index (χ0n) is 30.0. The van der Waals surface area contributed by atoms with Crippen molar-refractivity contribution in [1.29, 1.82) is 0 Å². The fourth-order valence-electron chi connectivity index (χ4n) is 9.22. The second kappa shape index (κ2) is 11.4. The Balaban J connectivity index is 1.02. The molecule has 0 saturated heterocycles. The average molecular weight is 711 g/mol. The van der Waals surface area contributed by atoms with E-state index in [0.29, 0.717) is 0 Å². The maximum absolute atomic E-state index is 15.3. The summed E-state index contributed by atoms with van der Waals surface area (Å²) < 4.78 is 17.7. The summed E-state index contributed by atoms with van der Waals surface area (Å²) in [6.45, 7) is 4.69. The van der Waals surface area contributed by atoms with Gasteiger partial charge in [-0.3, -0.25) is 4.98 Å². The third-order valence-electron chi connectivity index (χ3n) is 11.9. The maximum atomic E-state index is 15.3. The summed E-state index contributed by atoms with van der Waals surface area (Å²) in [6.07, 6.45) is 3.72. The molecule has 0 bridgehead atoms. The van der Waals surface area contributed by atoms with Crippen molar-refractivity contribution in [3.8, 4) is 50.2 Å². The van der Waals surface area contributed by atoms with Crippen molar-refractivity contribution in [2.45, 2.75) is 19.3 Å². The monoisotopic (exact) mass is 710 g/mol. The molecule has 4 heteroatoms. The summed E-state index contributed by atoms with van der Waals surface area (Å²) >= 11 is 0. The highest BCUT2D eigenvalue weighted by Crippen LogP contribution is 2.54. The highest BCUT2D eigenvalue weighted by molar-refractivity contribution is 7.86. The molecule has 0 spiro atoms. The van der Waals surface area contributed by atoms with Crippen LogP contribution in [0.4, 0.5) is 0 Å². The molecule has 0 amide bonds. The van der Waals surface area contributed by atoms with Gasteiger partial charge in [0.15, 0.2) is 7.14 Å². The van der Waals surface area contributed by atoms with Crippen molar-refractivity contribution in [1.82, 2.24) is 9.55 Å². The van der Waals surface area contributed by atoms with Gasteiger partial charge in [0.2, 0.25) is 0 Å². The molecule has 2 aliphatic rings. The minimum absolute atomic E-state index is 0.129. The summed E-state index contributed by atoms with van der Waals surface area (Å²) in [6, 6.07) is 58.3. The maximum Gasteiger partial charge on any atom is 0.172 e. The van der Waals surface area contributed by atoms with Gasteiger partial charge in [-0.25, -0.2) is 0 Å². The van der Waals surface area contributed by atoms with E-state index >= 15 is 4.57 Å². The number of para-hydroxylation sites is 1. The van der Waals surface area contributed by atoms with E-state index in [4.69, 9.17) is 0 Å². The highest BCUT2D eigenvalue weighted by Gasteiger charge is 2.41. The Morgan fingerprint density at radius 3 is 1.81 bits per heavy atom. The molecule has 0 fully saturated rings. The average Bonchev–Trinajstić information content (AvgIpc) is 3.78. The van der Waals surface area contributed by atoms with Gasteiger partial charge in [-0.05, 0) is 110 Å². The fourth-order valence-corrected chi connectivity index (χ4v) is 12.3. The molecule has 0 radical (unpaired) electrons. The fraction of sp³-hybridized carbons (Fsp3) is 0.0600. The Morgan fingerprint density at radius 2 is 1.09 bits per heavy atom. The van der Waals surface area contributed by atoms with Crippen molar-refractivity contribution in [2.75, 3.05) is 0 Å². The van der Waals surface area contributed by atoms with Crippen molar-refractivity contribution in [3.63, 3.8) is 0 Å². The lowest BCUT2D eigenvalue weighted by molar-refractivity contribution is 0.593. The number of aromatic nitrogens is 2. The molecule has 1 aliphatic carbocycles. The van der Waals surface area contributed by atoms with E-state index in [9.17, 15) is 0 Å². The van der Waals surface area contributed by atoms with E-state index in [0.717, 1.165) is 54.5 Å². The van der Waals surface area contributed by atoms with Gasteiger partial charge < -0.3 is 9.13 Å². The lowest BCUT2D eigenvalue weighted by Gasteiger charge is -2.22. The first-order chi connectivity index (χ1) is 26.4. The number of hydrogen-bond donors (Lipinski definition) is 0. The molecule has 3 nitrogen and oxygen atoms in total.